The van der Waals surface area contributed by atoms with Crippen molar-refractivity contribution in [3.05, 3.63) is 59.7 Å². The Balaban J connectivity index is 1.36. The zero-order valence-corrected chi connectivity index (χ0v) is 18.9. The molecule has 1 aliphatic carbocycles. The molecular formula is C24H29N3O3S. The van der Waals surface area contributed by atoms with Crippen LogP contribution in [0.3, 0.4) is 0 Å². The number of benzene rings is 2. The Morgan fingerprint density at radius 3 is 2.42 bits per heavy atom. The van der Waals surface area contributed by atoms with Gasteiger partial charge in [0.25, 0.3) is 5.91 Å². The van der Waals surface area contributed by atoms with Crippen LogP contribution in [0, 0.1) is 0 Å². The van der Waals surface area contributed by atoms with E-state index in [1.54, 1.807) is 14.2 Å². The first-order valence-electron chi connectivity index (χ1n) is 10.7. The number of hydrogen-bond acceptors (Lipinski definition) is 4. The lowest BCUT2D eigenvalue weighted by Gasteiger charge is -2.33. The maximum atomic E-state index is 13.4. The molecule has 0 spiro atoms. The first-order valence-corrected chi connectivity index (χ1v) is 11.1. The van der Waals surface area contributed by atoms with E-state index in [-0.39, 0.29) is 11.3 Å². The van der Waals surface area contributed by atoms with E-state index in [1.165, 1.54) is 0 Å². The molecular weight excluding hydrogens is 410 g/mol. The standard InChI is InChI=1S/C24H29N3O3S/c1-29-20-10-9-18(17-21(20)30-2)11-14-25-23(31)27-16-6-15-26(27)22(28)24(12-13-24)19-7-4-3-5-8-19/h3-5,7-10,17H,6,11-16H2,1-2H3,(H,25,31). The van der Waals surface area contributed by atoms with E-state index >= 15 is 0 Å². The molecule has 1 saturated carbocycles. The van der Waals surface area contributed by atoms with Gasteiger partial charge in [-0.15, -0.1) is 0 Å². The molecule has 1 heterocycles. The molecule has 0 radical (unpaired) electrons. The summed E-state index contributed by atoms with van der Waals surface area (Å²) in [5.41, 5.74) is 1.86. The third kappa shape index (κ3) is 4.32. The maximum Gasteiger partial charge on any atom is 0.251 e. The molecule has 1 N–H and O–H groups in total. The quantitative estimate of drug-likeness (QED) is 0.668. The number of hydrogen-bond donors (Lipinski definition) is 1. The van der Waals surface area contributed by atoms with E-state index < -0.39 is 0 Å². The molecule has 1 aliphatic heterocycles. The molecule has 2 aliphatic rings. The predicted molar refractivity (Wildman–Crippen MR) is 124 cm³/mol. The molecule has 2 aromatic carbocycles. The van der Waals surface area contributed by atoms with Crippen molar-refractivity contribution in [1.82, 2.24) is 15.3 Å². The fraction of sp³-hybridized carbons (Fsp3) is 0.417. The SMILES string of the molecule is COc1ccc(CCNC(=S)N2CCCN2C(=O)C2(c3ccccc3)CC2)cc1OC. The van der Waals surface area contributed by atoms with Crippen LogP contribution in [-0.4, -0.2) is 54.9 Å². The number of carbonyl (C=O) groups excluding carboxylic acids is 1. The summed E-state index contributed by atoms with van der Waals surface area (Å²) in [5.74, 6) is 1.60. The highest BCUT2D eigenvalue weighted by Crippen LogP contribution is 2.50. The Bertz CT molecular complexity index is 946. The topological polar surface area (TPSA) is 54.0 Å². The number of amides is 1. The van der Waals surface area contributed by atoms with Gasteiger partial charge in [-0.3, -0.25) is 14.8 Å². The third-order valence-corrected chi connectivity index (χ3v) is 6.48. The average Bonchev–Trinajstić information content (AvgIpc) is 3.48. The van der Waals surface area contributed by atoms with Gasteiger partial charge >= 0.3 is 0 Å². The van der Waals surface area contributed by atoms with Crippen molar-refractivity contribution in [2.45, 2.75) is 31.1 Å². The Hall–Kier alpha value is -2.80. The molecule has 4 rings (SSSR count). The van der Waals surface area contributed by atoms with Gasteiger partial charge in [0.05, 0.1) is 19.6 Å². The van der Waals surface area contributed by atoms with Gasteiger partial charge in [-0.05, 0) is 61.2 Å². The van der Waals surface area contributed by atoms with Crippen LogP contribution in [0.25, 0.3) is 0 Å². The van der Waals surface area contributed by atoms with Crippen LogP contribution in [0.2, 0.25) is 0 Å². The highest BCUT2D eigenvalue weighted by molar-refractivity contribution is 7.80. The average molecular weight is 440 g/mol. The molecule has 0 bridgehead atoms. The number of ether oxygens (including phenoxy) is 2. The lowest BCUT2D eigenvalue weighted by atomic mass is 9.95. The number of hydrazine groups is 1. The summed E-state index contributed by atoms with van der Waals surface area (Å²) in [6, 6.07) is 16.0. The number of thiocarbonyl (C=S) groups is 1. The molecule has 164 valence electrons. The van der Waals surface area contributed by atoms with E-state index in [1.807, 2.05) is 46.4 Å². The number of carbonyl (C=O) groups is 1. The molecule has 0 aromatic heterocycles. The predicted octanol–water partition coefficient (Wildman–Crippen LogP) is 3.30. The van der Waals surface area contributed by atoms with Crippen molar-refractivity contribution in [1.29, 1.82) is 0 Å². The van der Waals surface area contributed by atoms with Crippen LogP contribution < -0.4 is 14.8 Å². The summed E-state index contributed by atoms with van der Waals surface area (Å²) in [5, 5.41) is 7.73. The first-order chi connectivity index (χ1) is 15.1. The van der Waals surface area contributed by atoms with E-state index in [0.29, 0.717) is 24.0 Å². The van der Waals surface area contributed by atoms with Crippen molar-refractivity contribution in [3.8, 4) is 11.5 Å². The normalized spacial score (nSPS) is 16.7. The van der Waals surface area contributed by atoms with Crippen LogP contribution in [0.15, 0.2) is 48.5 Å². The van der Waals surface area contributed by atoms with Crippen LogP contribution in [0.5, 0.6) is 11.5 Å². The lowest BCUT2D eigenvalue weighted by molar-refractivity contribution is -0.141. The molecule has 2 fully saturated rings. The number of rotatable bonds is 7. The largest absolute Gasteiger partial charge is 0.493 e. The molecule has 2 aromatic rings. The fourth-order valence-corrected chi connectivity index (χ4v) is 4.52. The van der Waals surface area contributed by atoms with Gasteiger partial charge < -0.3 is 14.8 Å². The minimum absolute atomic E-state index is 0.167. The fourth-order valence-electron chi connectivity index (χ4n) is 4.23. The highest BCUT2D eigenvalue weighted by atomic mass is 32.1. The summed E-state index contributed by atoms with van der Waals surface area (Å²) in [4.78, 5) is 13.4. The van der Waals surface area contributed by atoms with Gasteiger partial charge in [0, 0.05) is 19.6 Å². The molecule has 31 heavy (non-hydrogen) atoms. The molecule has 7 heteroatoms. The van der Waals surface area contributed by atoms with Gasteiger partial charge in [0.2, 0.25) is 0 Å². The minimum Gasteiger partial charge on any atom is -0.493 e. The van der Waals surface area contributed by atoms with Gasteiger partial charge in [-0.25, -0.2) is 0 Å². The van der Waals surface area contributed by atoms with Crippen LogP contribution in [0.4, 0.5) is 0 Å². The summed E-state index contributed by atoms with van der Waals surface area (Å²) in [6.07, 6.45) is 3.52. The van der Waals surface area contributed by atoms with Crippen LogP contribution in [0.1, 0.15) is 30.4 Å². The minimum atomic E-state index is -0.376. The highest BCUT2D eigenvalue weighted by Gasteiger charge is 2.54. The van der Waals surface area contributed by atoms with Crippen LogP contribution in [-0.2, 0) is 16.6 Å². The summed E-state index contributed by atoms with van der Waals surface area (Å²) >= 11 is 5.65. The number of nitrogens with zero attached hydrogens (tertiary/aromatic N) is 2. The van der Waals surface area contributed by atoms with Gasteiger partial charge in [0.1, 0.15) is 0 Å². The molecule has 1 saturated heterocycles. The Kier molecular flexibility index (Phi) is 6.32. The van der Waals surface area contributed by atoms with E-state index in [9.17, 15) is 4.79 Å². The summed E-state index contributed by atoms with van der Waals surface area (Å²) < 4.78 is 10.7. The lowest BCUT2D eigenvalue weighted by Crippen LogP contribution is -2.52. The van der Waals surface area contributed by atoms with Gasteiger partial charge in [-0.2, -0.15) is 0 Å². The second-order valence-electron chi connectivity index (χ2n) is 8.02. The summed E-state index contributed by atoms with van der Waals surface area (Å²) in [6.45, 7) is 2.15. The van der Waals surface area contributed by atoms with Crippen molar-refractivity contribution in [2.75, 3.05) is 33.9 Å². The number of methoxy groups -OCH3 is 2. The second-order valence-corrected chi connectivity index (χ2v) is 8.41. The van der Waals surface area contributed by atoms with Crippen molar-refractivity contribution in [3.63, 3.8) is 0 Å². The maximum absolute atomic E-state index is 13.4. The molecule has 0 unspecified atom stereocenters. The molecule has 0 atom stereocenters. The Labute approximate surface area is 189 Å². The smallest absolute Gasteiger partial charge is 0.251 e. The molecule has 1 amide bonds. The van der Waals surface area contributed by atoms with E-state index in [2.05, 4.69) is 17.4 Å². The third-order valence-electron chi connectivity index (χ3n) is 6.12. The van der Waals surface area contributed by atoms with Gasteiger partial charge in [0.15, 0.2) is 16.6 Å². The summed E-state index contributed by atoms with van der Waals surface area (Å²) in [7, 11) is 3.26. The van der Waals surface area contributed by atoms with Crippen molar-refractivity contribution >= 4 is 23.2 Å². The Morgan fingerprint density at radius 2 is 1.74 bits per heavy atom. The van der Waals surface area contributed by atoms with Crippen LogP contribution >= 0.6 is 12.2 Å². The zero-order valence-electron chi connectivity index (χ0n) is 18.1. The first kappa shape index (κ1) is 21.4. The number of nitrogens with one attached hydrogen (secondary N) is 1. The zero-order chi connectivity index (χ0) is 21.8. The van der Waals surface area contributed by atoms with Crippen molar-refractivity contribution in [2.24, 2.45) is 0 Å². The monoisotopic (exact) mass is 439 g/mol. The Morgan fingerprint density at radius 1 is 1.03 bits per heavy atom. The molecule has 6 nitrogen and oxygen atoms in total. The van der Waals surface area contributed by atoms with E-state index in [4.69, 9.17) is 21.7 Å². The van der Waals surface area contributed by atoms with Crippen molar-refractivity contribution < 1.29 is 14.3 Å². The second kappa shape index (κ2) is 9.14. The van der Waals surface area contributed by atoms with Gasteiger partial charge in [-0.1, -0.05) is 36.4 Å². The van der Waals surface area contributed by atoms with E-state index in [0.717, 1.165) is 49.1 Å².